The Balaban J connectivity index is 1.43. The molecule has 1 fully saturated rings. The van der Waals surface area contributed by atoms with Crippen molar-refractivity contribution in [2.24, 2.45) is 0 Å². The molecule has 3 N–H and O–H groups in total. The Kier molecular flexibility index (Phi) is 10.1. The fourth-order valence-corrected chi connectivity index (χ4v) is 6.04. The Bertz CT molecular complexity index is 1560. The van der Waals surface area contributed by atoms with Gasteiger partial charge in [0.2, 0.25) is 10.0 Å². The quantitative estimate of drug-likeness (QED) is 0.261. The third-order valence-electron chi connectivity index (χ3n) is 7.99. The standard InChI is InChI=1S/C31H37F4N5O3S/c1-39(2)30(19-22-7-5-4-6-8-22)13-15-40(16-14-30)28-18-25(31(33,34)35)11-10-24(28)21-37-29(41)36-20-23-9-12-27(26(32)17-23)38-44(3,42)43/h4-12,17-18,38H,13-16,19-21H2,1-3H3,(H2,36,37,41). The molecule has 1 aliphatic heterocycles. The summed E-state index contributed by atoms with van der Waals surface area (Å²) in [5, 5.41) is 5.27. The lowest BCUT2D eigenvalue weighted by molar-refractivity contribution is -0.137. The van der Waals surface area contributed by atoms with E-state index in [1.165, 1.54) is 23.8 Å². The van der Waals surface area contributed by atoms with E-state index in [0.717, 1.165) is 43.7 Å². The zero-order chi connectivity index (χ0) is 32.1. The van der Waals surface area contributed by atoms with Crippen LogP contribution in [-0.4, -0.2) is 58.3 Å². The van der Waals surface area contributed by atoms with E-state index >= 15 is 0 Å². The number of urea groups is 1. The SMILES string of the molecule is CN(C)C1(Cc2ccccc2)CCN(c2cc(C(F)(F)F)ccc2CNC(=O)NCc2ccc(NS(C)(=O)=O)c(F)c2)CC1. The lowest BCUT2D eigenvalue weighted by Crippen LogP contribution is -2.54. The second-order valence-corrected chi connectivity index (χ2v) is 13.1. The van der Waals surface area contributed by atoms with Crippen molar-refractivity contribution in [1.82, 2.24) is 15.5 Å². The number of anilines is 2. The summed E-state index contributed by atoms with van der Waals surface area (Å²) < 4.78 is 80.1. The summed E-state index contributed by atoms with van der Waals surface area (Å²) >= 11 is 0. The summed E-state index contributed by atoms with van der Waals surface area (Å²) in [5.41, 5.74) is 1.44. The van der Waals surface area contributed by atoms with E-state index in [0.29, 0.717) is 29.9 Å². The molecule has 3 aromatic carbocycles. The van der Waals surface area contributed by atoms with Gasteiger partial charge in [0.15, 0.2) is 0 Å². The van der Waals surface area contributed by atoms with E-state index in [9.17, 15) is 30.8 Å². The predicted octanol–water partition coefficient (Wildman–Crippen LogP) is 5.36. The van der Waals surface area contributed by atoms with Crippen LogP contribution in [0.3, 0.4) is 0 Å². The molecule has 0 saturated carbocycles. The molecule has 238 valence electrons. The van der Waals surface area contributed by atoms with Gasteiger partial charge in [-0.3, -0.25) is 4.72 Å². The molecule has 0 unspecified atom stereocenters. The molecule has 44 heavy (non-hydrogen) atoms. The van der Waals surface area contributed by atoms with Gasteiger partial charge in [-0.15, -0.1) is 0 Å². The van der Waals surface area contributed by atoms with Crippen LogP contribution in [0, 0.1) is 5.82 Å². The van der Waals surface area contributed by atoms with Gasteiger partial charge in [0.25, 0.3) is 0 Å². The van der Waals surface area contributed by atoms with E-state index in [2.05, 4.69) is 32.4 Å². The highest BCUT2D eigenvalue weighted by molar-refractivity contribution is 7.92. The number of carbonyl (C=O) groups excluding carboxylic acids is 1. The molecule has 1 heterocycles. The largest absolute Gasteiger partial charge is 0.416 e. The molecule has 3 aromatic rings. The van der Waals surface area contributed by atoms with Crippen LogP contribution in [0.1, 0.15) is 35.1 Å². The first-order valence-corrected chi connectivity index (χ1v) is 16.0. The molecule has 0 aromatic heterocycles. The first-order chi connectivity index (χ1) is 20.6. The zero-order valence-corrected chi connectivity index (χ0v) is 25.7. The molecule has 1 aliphatic rings. The van der Waals surface area contributed by atoms with E-state index < -0.39 is 33.6 Å². The van der Waals surface area contributed by atoms with Gasteiger partial charge in [0.05, 0.1) is 17.5 Å². The highest BCUT2D eigenvalue weighted by Gasteiger charge is 2.38. The lowest BCUT2D eigenvalue weighted by atomic mass is 9.80. The van der Waals surface area contributed by atoms with Gasteiger partial charge in [-0.05, 0) is 74.3 Å². The summed E-state index contributed by atoms with van der Waals surface area (Å²) in [6, 6.07) is 16.9. The summed E-state index contributed by atoms with van der Waals surface area (Å²) in [5.74, 6) is -0.798. The van der Waals surface area contributed by atoms with Crippen LogP contribution < -0.4 is 20.3 Å². The van der Waals surface area contributed by atoms with Gasteiger partial charge in [0.1, 0.15) is 5.82 Å². The van der Waals surface area contributed by atoms with Crippen LogP contribution in [0.5, 0.6) is 0 Å². The highest BCUT2D eigenvalue weighted by Crippen LogP contribution is 2.37. The van der Waals surface area contributed by atoms with E-state index in [4.69, 9.17) is 0 Å². The van der Waals surface area contributed by atoms with Gasteiger partial charge in [-0.1, -0.05) is 42.5 Å². The fourth-order valence-electron chi connectivity index (χ4n) is 5.48. The maximum absolute atomic E-state index is 14.3. The van der Waals surface area contributed by atoms with Crippen molar-refractivity contribution < 1.29 is 30.8 Å². The number of carbonyl (C=O) groups is 1. The van der Waals surface area contributed by atoms with Crippen LogP contribution in [0.25, 0.3) is 0 Å². The average molecular weight is 636 g/mol. The normalized spacial score (nSPS) is 15.2. The summed E-state index contributed by atoms with van der Waals surface area (Å²) in [7, 11) is 0.412. The molecule has 4 rings (SSSR count). The van der Waals surface area contributed by atoms with Crippen LogP contribution in [0.15, 0.2) is 66.7 Å². The molecular weight excluding hydrogens is 598 g/mol. The number of nitrogens with one attached hydrogen (secondary N) is 3. The van der Waals surface area contributed by atoms with E-state index in [1.54, 1.807) is 0 Å². The molecule has 0 spiro atoms. The highest BCUT2D eigenvalue weighted by atomic mass is 32.2. The Labute approximate surface area is 255 Å². The smallest absolute Gasteiger partial charge is 0.371 e. The number of hydrogen-bond donors (Lipinski definition) is 3. The summed E-state index contributed by atoms with van der Waals surface area (Å²) in [6.07, 6.45) is -1.30. The van der Waals surface area contributed by atoms with Crippen LogP contribution in [-0.2, 0) is 35.7 Å². The molecule has 0 aliphatic carbocycles. The number of alkyl halides is 3. The third kappa shape index (κ3) is 8.63. The molecule has 0 radical (unpaired) electrons. The van der Waals surface area contributed by atoms with Gasteiger partial charge >= 0.3 is 12.2 Å². The van der Waals surface area contributed by atoms with Gasteiger partial charge in [0, 0.05) is 37.4 Å². The summed E-state index contributed by atoms with van der Waals surface area (Å²) in [4.78, 5) is 16.7. The second kappa shape index (κ2) is 13.4. The molecular formula is C31H37F4N5O3S. The molecule has 13 heteroatoms. The Hall–Kier alpha value is -3.84. The maximum atomic E-state index is 14.3. The van der Waals surface area contributed by atoms with Crippen molar-refractivity contribution in [3.8, 4) is 0 Å². The number of sulfonamides is 1. The number of nitrogens with zero attached hydrogens (tertiary/aromatic N) is 2. The van der Waals surface area contributed by atoms with Crippen LogP contribution in [0.4, 0.5) is 33.7 Å². The summed E-state index contributed by atoms with van der Waals surface area (Å²) in [6.45, 7) is 1.01. The number of halogens is 4. The number of hydrogen-bond acceptors (Lipinski definition) is 5. The lowest BCUT2D eigenvalue weighted by Gasteiger charge is -2.47. The monoisotopic (exact) mass is 635 g/mol. The number of likely N-dealkylation sites (N-methyl/N-ethyl adjacent to an activating group) is 1. The second-order valence-electron chi connectivity index (χ2n) is 11.3. The van der Waals surface area contributed by atoms with Crippen molar-refractivity contribution in [3.63, 3.8) is 0 Å². The Morgan fingerprint density at radius 3 is 2.18 bits per heavy atom. The predicted molar refractivity (Wildman–Crippen MR) is 163 cm³/mol. The van der Waals surface area contributed by atoms with Gasteiger partial charge in [-0.25, -0.2) is 17.6 Å². The topological polar surface area (TPSA) is 93.8 Å². The van der Waals surface area contributed by atoms with Crippen LogP contribution >= 0.6 is 0 Å². The molecule has 1 saturated heterocycles. The first kappa shape index (κ1) is 33.1. The van der Waals surface area contributed by atoms with Gasteiger partial charge < -0.3 is 20.4 Å². The molecule has 0 atom stereocenters. The van der Waals surface area contributed by atoms with Crippen molar-refractivity contribution >= 4 is 27.4 Å². The zero-order valence-electron chi connectivity index (χ0n) is 24.8. The average Bonchev–Trinajstić information content (AvgIpc) is 2.96. The van der Waals surface area contributed by atoms with Crippen LogP contribution in [0.2, 0.25) is 0 Å². The minimum absolute atomic E-state index is 0.0236. The maximum Gasteiger partial charge on any atom is 0.416 e. The van der Waals surface area contributed by atoms with Crippen molar-refractivity contribution in [2.75, 3.05) is 43.1 Å². The minimum atomic E-state index is -4.52. The van der Waals surface area contributed by atoms with Gasteiger partial charge in [-0.2, -0.15) is 13.2 Å². The molecule has 8 nitrogen and oxygen atoms in total. The number of piperidine rings is 1. The number of amides is 2. The fraction of sp³-hybridized carbons (Fsp3) is 0.387. The minimum Gasteiger partial charge on any atom is -0.371 e. The van der Waals surface area contributed by atoms with Crippen molar-refractivity contribution in [2.45, 2.75) is 44.1 Å². The van der Waals surface area contributed by atoms with E-state index in [1.807, 2.05) is 37.2 Å². The third-order valence-corrected chi connectivity index (χ3v) is 8.58. The Morgan fingerprint density at radius 2 is 1.59 bits per heavy atom. The van der Waals surface area contributed by atoms with Crippen molar-refractivity contribution in [1.29, 1.82) is 0 Å². The molecule has 0 bridgehead atoms. The molecule has 2 amide bonds. The number of benzene rings is 3. The Morgan fingerprint density at radius 1 is 0.932 bits per heavy atom. The van der Waals surface area contributed by atoms with E-state index in [-0.39, 0.29) is 24.3 Å². The van der Waals surface area contributed by atoms with Crippen molar-refractivity contribution in [3.05, 3.63) is 94.8 Å². The first-order valence-electron chi connectivity index (χ1n) is 14.1. The number of rotatable bonds is 10.